The number of hydrogen-bond donors (Lipinski definition) is 1. The molecule has 0 radical (unpaired) electrons. The number of nitro benzene ring substituents is 1. The largest absolute Gasteiger partial charge is 0.476 e. The van der Waals surface area contributed by atoms with E-state index in [1.54, 1.807) is 0 Å². The minimum Gasteiger partial charge on any atom is -0.476 e. The lowest BCUT2D eigenvalue weighted by Crippen LogP contribution is -2.26. The molecule has 0 aliphatic heterocycles. The fraction of sp³-hybridized carbons (Fsp3) is 0.235. The second-order valence-electron chi connectivity index (χ2n) is 5.58. The van der Waals surface area contributed by atoms with Gasteiger partial charge in [-0.2, -0.15) is 0 Å². The summed E-state index contributed by atoms with van der Waals surface area (Å²) in [6.07, 6.45) is 0. The summed E-state index contributed by atoms with van der Waals surface area (Å²) < 4.78 is 63.7. The van der Waals surface area contributed by atoms with E-state index in [0.29, 0.717) is 0 Å². The fourth-order valence-corrected chi connectivity index (χ4v) is 4.10. The first-order valence-corrected chi connectivity index (χ1v) is 10.7. The Morgan fingerprint density at radius 1 is 1.20 bits per heavy atom. The average molecular weight is 462 g/mol. The first-order chi connectivity index (χ1) is 14.1. The number of halogens is 2. The molecule has 0 aliphatic rings. The third kappa shape index (κ3) is 6.37. The summed E-state index contributed by atoms with van der Waals surface area (Å²) in [4.78, 5) is 21.0. The molecule has 162 valence electrons. The van der Waals surface area contributed by atoms with Crippen molar-refractivity contribution in [3.8, 4) is 5.75 Å². The summed E-state index contributed by atoms with van der Waals surface area (Å²) in [6, 6.07) is 6.32. The Labute approximate surface area is 174 Å². The van der Waals surface area contributed by atoms with Crippen molar-refractivity contribution in [2.24, 2.45) is 0 Å². The molecule has 0 saturated heterocycles. The first-order valence-electron chi connectivity index (χ1n) is 8.19. The number of thioether (sulfide) groups is 1. The number of sulfonamides is 1. The van der Waals surface area contributed by atoms with E-state index in [1.807, 2.05) is 0 Å². The van der Waals surface area contributed by atoms with Gasteiger partial charge in [-0.25, -0.2) is 26.7 Å². The zero-order chi connectivity index (χ0) is 22.3. The quantitative estimate of drug-likeness (QED) is 0.188. The van der Waals surface area contributed by atoms with Crippen LogP contribution in [-0.2, 0) is 19.6 Å². The Bertz CT molecular complexity index is 1010. The second kappa shape index (κ2) is 10.3. The van der Waals surface area contributed by atoms with Crippen molar-refractivity contribution in [2.45, 2.75) is 9.79 Å². The minimum absolute atomic E-state index is 0.0617. The SMILES string of the molecule is COC(=O)COc1c(F)cc(SCCNS(=O)(=O)c2ccc([N+](=O)[O-])cc2)cc1F. The molecule has 0 saturated carbocycles. The van der Waals surface area contributed by atoms with Crippen LogP contribution in [0.5, 0.6) is 5.75 Å². The minimum atomic E-state index is -3.90. The molecule has 0 spiro atoms. The lowest BCUT2D eigenvalue weighted by molar-refractivity contribution is -0.384. The van der Waals surface area contributed by atoms with E-state index in [9.17, 15) is 32.1 Å². The number of esters is 1. The van der Waals surface area contributed by atoms with E-state index < -0.39 is 44.9 Å². The smallest absolute Gasteiger partial charge is 0.343 e. The number of nitrogens with one attached hydrogen (secondary N) is 1. The van der Waals surface area contributed by atoms with Crippen LogP contribution >= 0.6 is 11.8 Å². The van der Waals surface area contributed by atoms with Gasteiger partial charge in [0, 0.05) is 29.3 Å². The molecule has 0 atom stereocenters. The predicted molar refractivity (Wildman–Crippen MR) is 103 cm³/mol. The van der Waals surface area contributed by atoms with Gasteiger partial charge >= 0.3 is 5.97 Å². The van der Waals surface area contributed by atoms with Crippen molar-refractivity contribution >= 4 is 33.4 Å². The van der Waals surface area contributed by atoms with E-state index in [1.165, 1.54) is 0 Å². The fourth-order valence-electron chi connectivity index (χ4n) is 2.12. The number of nitro groups is 1. The Morgan fingerprint density at radius 2 is 1.80 bits per heavy atom. The van der Waals surface area contributed by atoms with Gasteiger partial charge in [0.1, 0.15) is 0 Å². The van der Waals surface area contributed by atoms with Crippen molar-refractivity contribution in [1.29, 1.82) is 0 Å². The highest BCUT2D eigenvalue weighted by Gasteiger charge is 2.17. The molecule has 0 bridgehead atoms. The zero-order valence-electron chi connectivity index (χ0n) is 15.5. The number of ether oxygens (including phenoxy) is 2. The van der Waals surface area contributed by atoms with Gasteiger partial charge in [-0.15, -0.1) is 11.8 Å². The van der Waals surface area contributed by atoms with Gasteiger partial charge in [0.25, 0.3) is 5.69 Å². The highest BCUT2D eigenvalue weighted by molar-refractivity contribution is 7.99. The van der Waals surface area contributed by atoms with Crippen molar-refractivity contribution < 1.29 is 36.4 Å². The molecule has 0 aromatic heterocycles. The van der Waals surface area contributed by atoms with Crippen LogP contribution in [0.2, 0.25) is 0 Å². The molecular weight excluding hydrogens is 446 g/mol. The van der Waals surface area contributed by atoms with E-state index in [4.69, 9.17) is 4.74 Å². The predicted octanol–water partition coefficient (Wildman–Crippen LogP) is 2.50. The average Bonchev–Trinajstić information content (AvgIpc) is 2.70. The van der Waals surface area contributed by atoms with Crippen molar-refractivity contribution in [3.05, 3.63) is 58.1 Å². The normalized spacial score (nSPS) is 11.2. The Balaban J connectivity index is 1.91. The lowest BCUT2D eigenvalue weighted by atomic mass is 10.3. The molecule has 13 heteroatoms. The van der Waals surface area contributed by atoms with Crippen LogP contribution < -0.4 is 9.46 Å². The topological polar surface area (TPSA) is 125 Å². The zero-order valence-corrected chi connectivity index (χ0v) is 17.1. The van der Waals surface area contributed by atoms with Crippen molar-refractivity contribution in [3.63, 3.8) is 0 Å². The molecule has 2 aromatic rings. The van der Waals surface area contributed by atoms with E-state index >= 15 is 0 Å². The lowest BCUT2D eigenvalue weighted by Gasteiger charge is -2.10. The molecular formula is C17H16F2N2O7S2. The first kappa shape index (κ1) is 23.5. The highest BCUT2D eigenvalue weighted by Crippen LogP contribution is 2.28. The molecule has 0 fully saturated rings. The maximum absolute atomic E-state index is 14.0. The van der Waals surface area contributed by atoms with Gasteiger partial charge in [-0.3, -0.25) is 10.1 Å². The van der Waals surface area contributed by atoms with Crippen molar-refractivity contribution in [1.82, 2.24) is 4.72 Å². The number of methoxy groups -OCH3 is 1. The number of carbonyl (C=O) groups excluding carboxylic acids is 1. The summed E-state index contributed by atoms with van der Waals surface area (Å²) in [5, 5.41) is 10.6. The standard InChI is InChI=1S/C17H16F2N2O7S2/c1-27-16(22)10-28-17-14(18)8-12(9-15(17)19)29-7-6-20-30(25,26)13-4-2-11(3-5-13)21(23)24/h2-5,8-9,20H,6-7,10H2,1H3. The second-order valence-corrected chi connectivity index (χ2v) is 8.51. The monoisotopic (exact) mass is 462 g/mol. The van der Waals surface area contributed by atoms with Gasteiger partial charge in [0.15, 0.2) is 24.0 Å². The Hall–Kier alpha value is -2.77. The van der Waals surface area contributed by atoms with Gasteiger partial charge in [0.2, 0.25) is 10.0 Å². The molecule has 0 amide bonds. The third-order valence-electron chi connectivity index (χ3n) is 3.55. The molecule has 2 rings (SSSR count). The number of carbonyl (C=O) groups is 1. The Kier molecular flexibility index (Phi) is 8.08. The maximum atomic E-state index is 14.0. The maximum Gasteiger partial charge on any atom is 0.343 e. The van der Waals surface area contributed by atoms with Crippen LogP contribution in [0.25, 0.3) is 0 Å². The van der Waals surface area contributed by atoms with Crippen LogP contribution in [0.4, 0.5) is 14.5 Å². The summed E-state index contributed by atoms with van der Waals surface area (Å²) in [6.45, 7) is -0.713. The van der Waals surface area contributed by atoms with Crippen LogP contribution in [0.3, 0.4) is 0 Å². The molecule has 0 aliphatic carbocycles. The van der Waals surface area contributed by atoms with E-state index in [0.717, 1.165) is 55.3 Å². The highest BCUT2D eigenvalue weighted by atomic mass is 32.2. The summed E-state index contributed by atoms with van der Waals surface area (Å²) >= 11 is 0.985. The molecule has 30 heavy (non-hydrogen) atoms. The van der Waals surface area contributed by atoms with E-state index in [2.05, 4.69) is 9.46 Å². The van der Waals surface area contributed by atoms with Crippen LogP contribution in [0.1, 0.15) is 0 Å². The Morgan fingerprint density at radius 3 is 2.33 bits per heavy atom. The van der Waals surface area contributed by atoms with Gasteiger partial charge in [-0.05, 0) is 24.3 Å². The number of nitrogens with zero attached hydrogens (tertiary/aromatic N) is 1. The molecule has 9 nitrogen and oxygen atoms in total. The number of benzene rings is 2. The van der Waals surface area contributed by atoms with Crippen molar-refractivity contribution in [2.75, 3.05) is 26.0 Å². The molecule has 0 heterocycles. The summed E-state index contributed by atoms with van der Waals surface area (Å²) in [7, 11) is -2.79. The third-order valence-corrected chi connectivity index (χ3v) is 6.01. The van der Waals surface area contributed by atoms with Crippen LogP contribution in [0.15, 0.2) is 46.2 Å². The van der Waals surface area contributed by atoms with Crippen LogP contribution in [-0.4, -0.2) is 45.3 Å². The van der Waals surface area contributed by atoms with Gasteiger partial charge in [0.05, 0.1) is 16.9 Å². The molecule has 1 N–H and O–H groups in total. The number of rotatable bonds is 10. The van der Waals surface area contributed by atoms with Gasteiger partial charge in [-0.1, -0.05) is 0 Å². The summed E-state index contributed by atoms with van der Waals surface area (Å²) in [5.41, 5.74) is -0.243. The number of hydrogen-bond acceptors (Lipinski definition) is 8. The molecule has 2 aromatic carbocycles. The van der Waals surface area contributed by atoms with Gasteiger partial charge < -0.3 is 9.47 Å². The van der Waals surface area contributed by atoms with E-state index in [-0.39, 0.29) is 27.8 Å². The summed E-state index contributed by atoms with van der Waals surface area (Å²) in [5.74, 6) is -3.41. The van der Waals surface area contributed by atoms with Crippen LogP contribution in [0, 0.1) is 21.7 Å². The number of non-ortho nitro benzene ring substituents is 1. The molecule has 0 unspecified atom stereocenters.